The molecule has 5 heteroatoms. The molecule has 4 nitrogen and oxygen atoms in total. The SMILES string of the molecule is CC(C)c1ccc(-c2nc(C(=O)N3CCC(CN)C3)cs2)cc1. The summed E-state index contributed by atoms with van der Waals surface area (Å²) in [6, 6.07) is 8.44. The summed E-state index contributed by atoms with van der Waals surface area (Å²) in [4.78, 5) is 18.9. The number of benzene rings is 1. The fraction of sp³-hybridized carbons (Fsp3) is 0.444. The van der Waals surface area contributed by atoms with Crippen molar-refractivity contribution in [2.75, 3.05) is 19.6 Å². The van der Waals surface area contributed by atoms with Crippen LogP contribution in [0, 0.1) is 5.92 Å². The van der Waals surface area contributed by atoms with Gasteiger partial charge in [0.2, 0.25) is 0 Å². The summed E-state index contributed by atoms with van der Waals surface area (Å²) >= 11 is 1.53. The molecule has 1 atom stereocenters. The number of hydrogen-bond donors (Lipinski definition) is 1. The second kappa shape index (κ2) is 6.81. The van der Waals surface area contributed by atoms with Crippen LogP contribution in [0.4, 0.5) is 0 Å². The molecule has 1 fully saturated rings. The molecule has 1 aromatic carbocycles. The normalized spacial score (nSPS) is 17.9. The number of likely N-dealkylation sites (tertiary alicyclic amines) is 1. The lowest BCUT2D eigenvalue weighted by atomic mass is 10.0. The van der Waals surface area contributed by atoms with Crippen LogP contribution >= 0.6 is 11.3 Å². The van der Waals surface area contributed by atoms with E-state index in [4.69, 9.17) is 5.73 Å². The van der Waals surface area contributed by atoms with Crippen molar-refractivity contribution >= 4 is 17.2 Å². The molecule has 2 N–H and O–H groups in total. The number of thiazole rings is 1. The molecule has 122 valence electrons. The fourth-order valence-corrected chi connectivity index (χ4v) is 3.69. The van der Waals surface area contributed by atoms with Gasteiger partial charge in [-0.25, -0.2) is 4.98 Å². The topological polar surface area (TPSA) is 59.2 Å². The number of nitrogens with zero attached hydrogens (tertiary/aromatic N) is 2. The van der Waals surface area contributed by atoms with Gasteiger partial charge in [-0.3, -0.25) is 4.79 Å². The molecule has 0 radical (unpaired) electrons. The Morgan fingerprint density at radius 1 is 1.39 bits per heavy atom. The maximum absolute atomic E-state index is 12.5. The first-order valence-corrected chi connectivity index (χ1v) is 9.01. The van der Waals surface area contributed by atoms with Gasteiger partial charge in [-0.2, -0.15) is 0 Å². The summed E-state index contributed by atoms with van der Waals surface area (Å²) < 4.78 is 0. The third-order valence-electron chi connectivity index (χ3n) is 4.45. The van der Waals surface area contributed by atoms with Crippen LogP contribution in [0.1, 0.15) is 42.2 Å². The number of carbonyl (C=O) groups is 1. The third-order valence-corrected chi connectivity index (χ3v) is 5.35. The van der Waals surface area contributed by atoms with E-state index in [-0.39, 0.29) is 5.91 Å². The first-order chi connectivity index (χ1) is 11.1. The summed E-state index contributed by atoms with van der Waals surface area (Å²) in [5.41, 5.74) is 8.63. The molecule has 0 aliphatic carbocycles. The van der Waals surface area contributed by atoms with Crippen LogP contribution in [-0.4, -0.2) is 35.4 Å². The lowest BCUT2D eigenvalue weighted by Gasteiger charge is -2.14. The minimum Gasteiger partial charge on any atom is -0.337 e. The fourth-order valence-electron chi connectivity index (χ4n) is 2.89. The van der Waals surface area contributed by atoms with Crippen molar-refractivity contribution in [3.8, 4) is 10.6 Å². The maximum Gasteiger partial charge on any atom is 0.273 e. The Morgan fingerprint density at radius 2 is 2.13 bits per heavy atom. The number of nitrogens with two attached hydrogens (primary N) is 1. The van der Waals surface area contributed by atoms with Gasteiger partial charge >= 0.3 is 0 Å². The molecule has 2 heterocycles. The number of rotatable bonds is 4. The average molecular weight is 329 g/mol. The van der Waals surface area contributed by atoms with E-state index in [9.17, 15) is 4.79 Å². The molecule has 1 aliphatic rings. The van der Waals surface area contributed by atoms with E-state index in [2.05, 4.69) is 43.1 Å². The molecule has 2 aromatic rings. The Labute approximate surface area is 141 Å². The first-order valence-electron chi connectivity index (χ1n) is 8.13. The summed E-state index contributed by atoms with van der Waals surface area (Å²) in [6.45, 7) is 6.55. The number of aromatic nitrogens is 1. The summed E-state index contributed by atoms with van der Waals surface area (Å²) in [7, 11) is 0. The number of amides is 1. The van der Waals surface area contributed by atoms with E-state index in [1.807, 2.05) is 10.3 Å². The second-order valence-electron chi connectivity index (χ2n) is 6.46. The molecule has 3 rings (SSSR count). The average Bonchev–Trinajstić information content (AvgIpc) is 3.23. The van der Waals surface area contributed by atoms with Crippen molar-refractivity contribution < 1.29 is 4.79 Å². The van der Waals surface area contributed by atoms with Crippen molar-refractivity contribution in [3.63, 3.8) is 0 Å². The van der Waals surface area contributed by atoms with Crippen LogP contribution in [0.5, 0.6) is 0 Å². The van der Waals surface area contributed by atoms with Crippen LogP contribution in [0.3, 0.4) is 0 Å². The van der Waals surface area contributed by atoms with Gasteiger partial charge in [-0.1, -0.05) is 38.1 Å². The zero-order valence-corrected chi connectivity index (χ0v) is 14.5. The Kier molecular flexibility index (Phi) is 4.78. The van der Waals surface area contributed by atoms with Gasteiger partial charge in [0.1, 0.15) is 10.7 Å². The molecule has 1 aromatic heterocycles. The van der Waals surface area contributed by atoms with Gasteiger partial charge in [-0.05, 0) is 30.4 Å². The molecule has 1 unspecified atom stereocenters. The van der Waals surface area contributed by atoms with Gasteiger partial charge in [0, 0.05) is 24.0 Å². The summed E-state index contributed by atoms with van der Waals surface area (Å²) in [5, 5.41) is 2.77. The lowest BCUT2D eigenvalue weighted by molar-refractivity contribution is 0.0783. The standard InChI is InChI=1S/C18H23N3OS/c1-12(2)14-3-5-15(6-4-14)17-20-16(11-23-17)18(22)21-8-7-13(9-19)10-21/h3-6,11-13H,7-10,19H2,1-2H3. The van der Waals surface area contributed by atoms with Gasteiger partial charge < -0.3 is 10.6 Å². The van der Waals surface area contributed by atoms with Crippen LogP contribution in [0.15, 0.2) is 29.6 Å². The highest BCUT2D eigenvalue weighted by Gasteiger charge is 2.27. The highest BCUT2D eigenvalue weighted by Crippen LogP contribution is 2.27. The molecule has 1 saturated heterocycles. The third kappa shape index (κ3) is 3.46. The van der Waals surface area contributed by atoms with E-state index in [1.54, 1.807) is 0 Å². The molecule has 0 saturated carbocycles. The quantitative estimate of drug-likeness (QED) is 0.936. The molecule has 0 bridgehead atoms. The van der Waals surface area contributed by atoms with Gasteiger partial charge in [-0.15, -0.1) is 11.3 Å². The smallest absolute Gasteiger partial charge is 0.273 e. The first kappa shape index (κ1) is 16.1. The minimum absolute atomic E-state index is 0.0299. The van der Waals surface area contributed by atoms with Crippen molar-refractivity contribution in [1.82, 2.24) is 9.88 Å². The highest BCUT2D eigenvalue weighted by molar-refractivity contribution is 7.13. The van der Waals surface area contributed by atoms with Crippen LogP contribution in [-0.2, 0) is 0 Å². The molecule has 1 amide bonds. The zero-order valence-electron chi connectivity index (χ0n) is 13.7. The monoisotopic (exact) mass is 329 g/mol. The lowest BCUT2D eigenvalue weighted by Crippen LogP contribution is -2.30. The van der Waals surface area contributed by atoms with Gasteiger partial charge in [0.25, 0.3) is 5.91 Å². The van der Waals surface area contributed by atoms with E-state index in [0.29, 0.717) is 24.1 Å². The molecule has 23 heavy (non-hydrogen) atoms. The van der Waals surface area contributed by atoms with Crippen molar-refractivity contribution in [2.24, 2.45) is 11.7 Å². The summed E-state index contributed by atoms with van der Waals surface area (Å²) in [6.07, 6.45) is 0.996. The Balaban J connectivity index is 1.74. The van der Waals surface area contributed by atoms with Crippen molar-refractivity contribution in [2.45, 2.75) is 26.2 Å². The van der Waals surface area contributed by atoms with Gasteiger partial charge in [0.05, 0.1) is 0 Å². The van der Waals surface area contributed by atoms with Gasteiger partial charge in [0.15, 0.2) is 0 Å². The van der Waals surface area contributed by atoms with E-state index >= 15 is 0 Å². The summed E-state index contributed by atoms with van der Waals surface area (Å²) in [5.74, 6) is 0.978. The number of carbonyl (C=O) groups excluding carboxylic acids is 1. The Bertz CT molecular complexity index is 678. The predicted molar refractivity (Wildman–Crippen MR) is 94.7 cm³/mol. The Morgan fingerprint density at radius 3 is 2.74 bits per heavy atom. The van der Waals surface area contributed by atoms with Crippen molar-refractivity contribution in [1.29, 1.82) is 0 Å². The minimum atomic E-state index is 0.0299. The van der Waals surface area contributed by atoms with Crippen LogP contribution in [0.25, 0.3) is 10.6 Å². The van der Waals surface area contributed by atoms with E-state index in [0.717, 1.165) is 30.1 Å². The molecular weight excluding hydrogens is 306 g/mol. The zero-order chi connectivity index (χ0) is 16.4. The molecule has 0 spiro atoms. The molecular formula is C18H23N3OS. The van der Waals surface area contributed by atoms with Crippen LogP contribution in [0.2, 0.25) is 0 Å². The van der Waals surface area contributed by atoms with Crippen molar-refractivity contribution in [3.05, 3.63) is 40.9 Å². The van der Waals surface area contributed by atoms with E-state index < -0.39 is 0 Å². The predicted octanol–water partition coefficient (Wildman–Crippen LogP) is 3.35. The number of hydrogen-bond acceptors (Lipinski definition) is 4. The second-order valence-corrected chi connectivity index (χ2v) is 7.31. The highest BCUT2D eigenvalue weighted by atomic mass is 32.1. The van der Waals surface area contributed by atoms with Crippen LogP contribution < -0.4 is 5.73 Å². The van der Waals surface area contributed by atoms with E-state index in [1.165, 1.54) is 16.9 Å². The maximum atomic E-state index is 12.5. The molecule has 1 aliphatic heterocycles. The largest absolute Gasteiger partial charge is 0.337 e. The Hall–Kier alpha value is -1.72.